The van der Waals surface area contributed by atoms with Crippen molar-refractivity contribution in [2.24, 2.45) is 0 Å². The minimum absolute atomic E-state index is 0.278. The van der Waals surface area contributed by atoms with E-state index in [1.165, 1.54) is 37.8 Å². The van der Waals surface area contributed by atoms with Crippen molar-refractivity contribution in [1.82, 2.24) is 4.98 Å². The number of hydrogen-bond donors (Lipinski definition) is 1. The SMILES string of the molecule is COc1ccc(OC)c(C(=O)Nc2ncc(Cc3cccc(C(F)(F)F)c3)s2)c1. The van der Waals surface area contributed by atoms with E-state index in [9.17, 15) is 18.0 Å². The number of carbonyl (C=O) groups is 1. The number of nitrogens with one attached hydrogen (secondary N) is 1. The number of hydrogen-bond acceptors (Lipinski definition) is 5. The Hall–Kier alpha value is -3.07. The number of halogens is 3. The summed E-state index contributed by atoms with van der Waals surface area (Å²) in [5, 5.41) is 3.01. The van der Waals surface area contributed by atoms with Crippen LogP contribution in [0.25, 0.3) is 0 Å². The van der Waals surface area contributed by atoms with Crippen LogP contribution in [0.3, 0.4) is 0 Å². The van der Waals surface area contributed by atoms with Gasteiger partial charge in [-0.25, -0.2) is 4.98 Å². The third kappa shape index (κ3) is 5.05. The normalized spacial score (nSPS) is 11.2. The van der Waals surface area contributed by atoms with E-state index >= 15 is 0 Å². The Morgan fingerprint density at radius 3 is 2.62 bits per heavy atom. The van der Waals surface area contributed by atoms with E-state index in [1.807, 2.05) is 0 Å². The van der Waals surface area contributed by atoms with E-state index in [4.69, 9.17) is 9.47 Å². The van der Waals surface area contributed by atoms with E-state index < -0.39 is 17.6 Å². The molecule has 0 aliphatic rings. The molecule has 5 nitrogen and oxygen atoms in total. The molecule has 2 aromatic carbocycles. The van der Waals surface area contributed by atoms with Crippen molar-refractivity contribution in [3.8, 4) is 11.5 Å². The van der Waals surface area contributed by atoms with Gasteiger partial charge in [-0.2, -0.15) is 13.2 Å². The number of benzene rings is 2. The number of carbonyl (C=O) groups excluding carboxylic acids is 1. The molecule has 9 heteroatoms. The van der Waals surface area contributed by atoms with Gasteiger partial charge in [0, 0.05) is 17.5 Å². The van der Waals surface area contributed by atoms with Crippen molar-refractivity contribution in [2.45, 2.75) is 12.6 Å². The summed E-state index contributed by atoms with van der Waals surface area (Å²) in [6, 6.07) is 9.97. The highest BCUT2D eigenvalue weighted by Crippen LogP contribution is 2.31. The number of aromatic nitrogens is 1. The lowest BCUT2D eigenvalue weighted by Gasteiger charge is -2.09. The summed E-state index contributed by atoms with van der Waals surface area (Å²) in [6.45, 7) is 0. The van der Waals surface area contributed by atoms with E-state index in [2.05, 4.69) is 10.3 Å². The lowest BCUT2D eigenvalue weighted by Crippen LogP contribution is -2.13. The van der Waals surface area contributed by atoms with Crippen molar-refractivity contribution in [1.29, 1.82) is 0 Å². The second-order valence-electron chi connectivity index (χ2n) is 6.03. The molecule has 0 fully saturated rings. The maximum absolute atomic E-state index is 12.9. The van der Waals surface area contributed by atoms with E-state index in [-0.39, 0.29) is 12.0 Å². The fourth-order valence-corrected chi connectivity index (χ4v) is 3.50. The molecule has 0 aliphatic carbocycles. The number of nitrogens with zero attached hydrogens (tertiary/aromatic N) is 1. The lowest BCUT2D eigenvalue weighted by molar-refractivity contribution is -0.137. The Bertz CT molecular complexity index is 1020. The lowest BCUT2D eigenvalue weighted by atomic mass is 10.1. The molecular formula is C20H17F3N2O3S. The first-order valence-corrected chi connectivity index (χ1v) is 9.26. The Morgan fingerprint density at radius 2 is 1.93 bits per heavy atom. The Morgan fingerprint density at radius 1 is 1.14 bits per heavy atom. The average molecular weight is 422 g/mol. The van der Waals surface area contributed by atoms with E-state index in [1.54, 1.807) is 24.3 Å². The molecule has 1 N–H and O–H groups in total. The molecular weight excluding hydrogens is 405 g/mol. The van der Waals surface area contributed by atoms with Crippen LogP contribution in [-0.2, 0) is 12.6 Å². The van der Waals surface area contributed by atoms with Crippen molar-refractivity contribution in [3.05, 3.63) is 70.2 Å². The van der Waals surface area contributed by atoms with Crippen LogP contribution in [0.4, 0.5) is 18.3 Å². The molecule has 29 heavy (non-hydrogen) atoms. The molecule has 3 aromatic rings. The Balaban J connectivity index is 1.73. The van der Waals surface area contributed by atoms with Gasteiger partial charge in [0.05, 0.1) is 25.3 Å². The van der Waals surface area contributed by atoms with Gasteiger partial charge in [0.2, 0.25) is 0 Å². The average Bonchev–Trinajstić information content (AvgIpc) is 3.13. The van der Waals surface area contributed by atoms with Crippen LogP contribution in [0, 0.1) is 0 Å². The highest BCUT2D eigenvalue weighted by Gasteiger charge is 2.30. The number of anilines is 1. The minimum atomic E-state index is -4.39. The smallest absolute Gasteiger partial charge is 0.416 e. The third-order valence-corrected chi connectivity index (χ3v) is 4.97. The van der Waals surface area contributed by atoms with Gasteiger partial charge in [0.25, 0.3) is 5.91 Å². The van der Waals surface area contributed by atoms with Crippen LogP contribution in [0.15, 0.2) is 48.7 Å². The summed E-state index contributed by atoms with van der Waals surface area (Å²) in [4.78, 5) is 17.4. The standard InChI is InChI=1S/C20H17F3N2O3S/c1-27-14-6-7-17(28-2)16(10-14)18(26)25-19-24-11-15(29-19)9-12-4-3-5-13(8-12)20(21,22)23/h3-8,10-11H,9H2,1-2H3,(H,24,25,26). The highest BCUT2D eigenvalue weighted by atomic mass is 32.1. The summed E-state index contributed by atoms with van der Waals surface area (Å²) in [5.41, 5.74) is 0.0930. The number of ether oxygens (including phenoxy) is 2. The molecule has 0 unspecified atom stereocenters. The summed E-state index contributed by atoms with van der Waals surface area (Å²) < 4.78 is 48.9. The van der Waals surface area contributed by atoms with Crippen molar-refractivity contribution < 1.29 is 27.4 Å². The van der Waals surface area contributed by atoms with Gasteiger partial charge < -0.3 is 9.47 Å². The molecule has 1 heterocycles. The van der Waals surface area contributed by atoms with Gasteiger partial charge in [-0.3, -0.25) is 10.1 Å². The summed E-state index contributed by atoms with van der Waals surface area (Å²) in [6.07, 6.45) is -2.58. The first kappa shape index (κ1) is 20.7. The predicted octanol–water partition coefficient (Wildman–Crippen LogP) is 5.02. The summed E-state index contributed by atoms with van der Waals surface area (Å²) in [5.74, 6) is 0.449. The second-order valence-corrected chi connectivity index (χ2v) is 7.14. The van der Waals surface area contributed by atoms with Crippen LogP contribution < -0.4 is 14.8 Å². The van der Waals surface area contributed by atoms with Gasteiger partial charge in [-0.1, -0.05) is 18.2 Å². The zero-order chi connectivity index (χ0) is 21.0. The maximum Gasteiger partial charge on any atom is 0.416 e. The number of thiazole rings is 1. The number of methoxy groups -OCH3 is 2. The fraction of sp³-hybridized carbons (Fsp3) is 0.200. The van der Waals surface area contributed by atoms with Crippen molar-refractivity contribution >= 4 is 22.4 Å². The number of rotatable bonds is 6. The molecule has 0 bridgehead atoms. The molecule has 1 amide bonds. The largest absolute Gasteiger partial charge is 0.497 e. The van der Waals surface area contributed by atoms with E-state index in [0.717, 1.165) is 17.0 Å². The van der Waals surface area contributed by atoms with Crippen molar-refractivity contribution in [2.75, 3.05) is 19.5 Å². The second kappa shape index (κ2) is 8.52. The van der Waals surface area contributed by atoms with Crippen LogP contribution in [0.5, 0.6) is 11.5 Å². The molecule has 0 saturated heterocycles. The topological polar surface area (TPSA) is 60.5 Å². The Labute approximate surface area is 169 Å². The molecule has 0 atom stereocenters. The molecule has 152 valence electrons. The first-order chi connectivity index (χ1) is 13.8. The zero-order valence-corrected chi connectivity index (χ0v) is 16.4. The van der Waals surface area contributed by atoms with Gasteiger partial charge in [-0.15, -0.1) is 11.3 Å². The number of amides is 1. The fourth-order valence-electron chi connectivity index (χ4n) is 2.66. The maximum atomic E-state index is 12.9. The molecule has 0 radical (unpaired) electrons. The van der Waals surface area contributed by atoms with Gasteiger partial charge in [0.15, 0.2) is 5.13 Å². The third-order valence-electron chi connectivity index (χ3n) is 4.06. The van der Waals surface area contributed by atoms with Gasteiger partial charge in [0.1, 0.15) is 11.5 Å². The van der Waals surface area contributed by atoms with Crippen LogP contribution >= 0.6 is 11.3 Å². The highest BCUT2D eigenvalue weighted by molar-refractivity contribution is 7.15. The van der Waals surface area contributed by atoms with Gasteiger partial charge in [-0.05, 0) is 29.8 Å². The number of alkyl halides is 3. The molecule has 0 saturated carbocycles. The summed E-state index contributed by atoms with van der Waals surface area (Å²) >= 11 is 1.19. The van der Waals surface area contributed by atoms with Gasteiger partial charge >= 0.3 is 6.18 Å². The van der Waals surface area contributed by atoms with E-state index in [0.29, 0.717) is 22.2 Å². The van der Waals surface area contributed by atoms with Crippen LogP contribution in [0.1, 0.15) is 26.4 Å². The van der Waals surface area contributed by atoms with Crippen LogP contribution in [0.2, 0.25) is 0 Å². The molecule has 0 spiro atoms. The molecule has 1 aromatic heterocycles. The zero-order valence-electron chi connectivity index (χ0n) is 15.5. The first-order valence-electron chi connectivity index (χ1n) is 8.44. The molecule has 0 aliphatic heterocycles. The van der Waals surface area contributed by atoms with Crippen LogP contribution in [-0.4, -0.2) is 25.1 Å². The predicted molar refractivity (Wildman–Crippen MR) is 104 cm³/mol. The Kier molecular flexibility index (Phi) is 6.07. The molecule has 3 rings (SSSR count). The quantitative estimate of drug-likeness (QED) is 0.606. The summed E-state index contributed by atoms with van der Waals surface area (Å²) in [7, 11) is 2.94. The minimum Gasteiger partial charge on any atom is -0.497 e. The van der Waals surface area contributed by atoms with Crippen molar-refractivity contribution in [3.63, 3.8) is 0 Å². The monoisotopic (exact) mass is 422 g/mol.